The van der Waals surface area contributed by atoms with Gasteiger partial charge in [-0.25, -0.2) is 9.48 Å². The van der Waals surface area contributed by atoms with Gasteiger partial charge in [0.2, 0.25) is 0 Å². The summed E-state index contributed by atoms with van der Waals surface area (Å²) in [5.74, 6) is 0.158. The van der Waals surface area contributed by atoms with E-state index >= 15 is 0 Å². The molecule has 2 heterocycles. The number of aromatic nitrogens is 4. The number of aliphatic hydroxyl groups excluding tert-OH is 1. The van der Waals surface area contributed by atoms with Gasteiger partial charge in [-0.1, -0.05) is 31.2 Å². The number of tetrazole rings is 1. The van der Waals surface area contributed by atoms with Crippen molar-refractivity contribution in [3.05, 3.63) is 66.0 Å². The summed E-state index contributed by atoms with van der Waals surface area (Å²) in [6.45, 7) is 3.46. The first-order chi connectivity index (χ1) is 15.4. The predicted octanol–water partition coefficient (Wildman–Crippen LogP) is 1.43. The van der Waals surface area contributed by atoms with Crippen LogP contribution in [0.1, 0.15) is 25.0 Å². The number of imide groups is 1. The molecule has 2 aromatic carbocycles. The fourth-order valence-electron chi connectivity index (χ4n) is 3.57. The third-order valence-corrected chi connectivity index (χ3v) is 5.48. The fourth-order valence-corrected chi connectivity index (χ4v) is 3.57. The van der Waals surface area contributed by atoms with Crippen LogP contribution in [0, 0.1) is 0 Å². The Morgan fingerprint density at radius 3 is 2.66 bits per heavy atom. The Bertz CT molecular complexity index is 1100. The molecule has 0 spiro atoms. The summed E-state index contributed by atoms with van der Waals surface area (Å²) in [7, 11) is 0. The minimum absolute atomic E-state index is 0.0476. The van der Waals surface area contributed by atoms with E-state index < -0.39 is 23.6 Å². The maximum absolute atomic E-state index is 13.2. The first-order valence-corrected chi connectivity index (χ1v) is 10.3. The number of β-amino-alcohol motifs (C(OH)–C–C–N with tert-alkyl or cyclic N) is 1. The van der Waals surface area contributed by atoms with Crippen molar-refractivity contribution in [1.82, 2.24) is 30.4 Å². The molecular formula is C22H24N6O4. The molecule has 2 N–H and O–H groups in total. The van der Waals surface area contributed by atoms with Gasteiger partial charge in [0, 0.05) is 0 Å². The molecule has 32 heavy (non-hydrogen) atoms. The van der Waals surface area contributed by atoms with Gasteiger partial charge in [0.15, 0.2) is 0 Å². The van der Waals surface area contributed by atoms with E-state index in [4.69, 9.17) is 4.74 Å². The van der Waals surface area contributed by atoms with Crippen molar-refractivity contribution >= 4 is 11.9 Å². The van der Waals surface area contributed by atoms with E-state index in [1.165, 1.54) is 16.6 Å². The van der Waals surface area contributed by atoms with Gasteiger partial charge in [0.25, 0.3) is 5.91 Å². The van der Waals surface area contributed by atoms with Gasteiger partial charge in [0.05, 0.1) is 12.2 Å². The molecule has 4 rings (SSSR count). The molecule has 1 aliphatic rings. The number of benzene rings is 2. The monoisotopic (exact) mass is 436 g/mol. The molecule has 0 radical (unpaired) electrons. The normalized spacial score (nSPS) is 19.2. The summed E-state index contributed by atoms with van der Waals surface area (Å²) in [5, 5.41) is 24.2. The lowest BCUT2D eigenvalue weighted by Crippen LogP contribution is -2.42. The third kappa shape index (κ3) is 4.17. The van der Waals surface area contributed by atoms with Crippen LogP contribution in [-0.2, 0) is 16.8 Å². The Morgan fingerprint density at radius 1 is 1.19 bits per heavy atom. The summed E-state index contributed by atoms with van der Waals surface area (Å²) in [5.41, 5.74) is 1.13. The SMILES string of the molecule is CCc1ccc(OCC(O)CN2C(=O)NC(C)(c3cccc(-n4cnnn4)c3)C2=O)cc1. The van der Waals surface area contributed by atoms with E-state index in [1.807, 2.05) is 24.3 Å². The highest BCUT2D eigenvalue weighted by atomic mass is 16.5. The number of hydrogen-bond acceptors (Lipinski definition) is 7. The van der Waals surface area contributed by atoms with Crippen LogP contribution in [0.25, 0.3) is 5.69 Å². The van der Waals surface area contributed by atoms with Crippen molar-refractivity contribution in [3.63, 3.8) is 0 Å². The number of amides is 3. The van der Waals surface area contributed by atoms with E-state index in [2.05, 4.69) is 27.8 Å². The van der Waals surface area contributed by atoms with Crippen molar-refractivity contribution in [2.24, 2.45) is 0 Å². The molecule has 2 atom stereocenters. The zero-order valence-electron chi connectivity index (χ0n) is 17.8. The molecule has 10 heteroatoms. The number of urea groups is 1. The van der Waals surface area contributed by atoms with Gasteiger partial charge in [-0.15, -0.1) is 5.10 Å². The number of carbonyl (C=O) groups is 2. The number of carbonyl (C=O) groups excluding carboxylic acids is 2. The third-order valence-electron chi connectivity index (χ3n) is 5.48. The average Bonchev–Trinajstić information content (AvgIpc) is 3.42. The minimum atomic E-state index is -1.28. The number of nitrogens with zero attached hydrogens (tertiary/aromatic N) is 5. The molecule has 0 aliphatic carbocycles. The van der Waals surface area contributed by atoms with Gasteiger partial charge in [0.1, 0.15) is 30.3 Å². The molecule has 1 aromatic heterocycles. The van der Waals surface area contributed by atoms with Gasteiger partial charge in [-0.2, -0.15) is 0 Å². The van der Waals surface area contributed by atoms with Crippen molar-refractivity contribution < 1.29 is 19.4 Å². The maximum atomic E-state index is 13.2. The molecule has 0 bridgehead atoms. The second-order valence-corrected chi connectivity index (χ2v) is 7.74. The number of hydrogen-bond donors (Lipinski definition) is 2. The standard InChI is InChI=1S/C22H24N6O4/c1-3-15-7-9-19(10-8-15)32-13-18(29)12-27-20(30)22(2,24-21(27)31)16-5-4-6-17(11-16)28-14-23-25-26-28/h4-11,14,18,29H,3,12-13H2,1-2H3,(H,24,31). The summed E-state index contributed by atoms with van der Waals surface area (Å²) < 4.78 is 7.06. The first-order valence-electron chi connectivity index (χ1n) is 10.3. The fraction of sp³-hybridized carbons (Fsp3) is 0.318. The summed E-state index contributed by atoms with van der Waals surface area (Å²) in [6, 6.07) is 14.0. The van der Waals surface area contributed by atoms with Gasteiger partial charge >= 0.3 is 6.03 Å². The Morgan fingerprint density at radius 2 is 1.97 bits per heavy atom. The number of nitrogens with one attached hydrogen (secondary N) is 1. The molecule has 3 amide bonds. The lowest BCUT2D eigenvalue weighted by atomic mass is 9.91. The zero-order chi connectivity index (χ0) is 22.7. The van der Waals surface area contributed by atoms with Gasteiger partial charge in [-0.3, -0.25) is 9.69 Å². The summed E-state index contributed by atoms with van der Waals surface area (Å²) in [6.07, 6.45) is 1.33. The van der Waals surface area contributed by atoms with Crippen molar-refractivity contribution in [2.45, 2.75) is 31.9 Å². The average molecular weight is 436 g/mol. The molecule has 3 aromatic rings. The number of ether oxygens (including phenoxy) is 1. The summed E-state index contributed by atoms with van der Waals surface area (Å²) in [4.78, 5) is 26.7. The number of aliphatic hydroxyl groups is 1. The highest BCUT2D eigenvalue weighted by Gasteiger charge is 2.49. The molecule has 10 nitrogen and oxygen atoms in total. The van der Waals surface area contributed by atoms with Crippen LogP contribution in [-0.4, -0.2) is 61.4 Å². The van der Waals surface area contributed by atoms with Crippen LogP contribution in [0.2, 0.25) is 0 Å². The van der Waals surface area contributed by atoms with E-state index in [0.717, 1.165) is 11.3 Å². The van der Waals surface area contributed by atoms with Crippen LogP contribution in [0.5, 0.6) is 5.75 Å². The van der Waals surface area contributed by atoms with E-state index in [9.17, 15) is 14.7 Å². The zero-order valence-corrected chi connectivity index (χ0v) is 17.8. The predicted molar refractivity (Wildman–Crippen MR) is 114 cm³/mol. The molecule has 1 saturated heterocycles. The Hall–Kier alpha value is -3.79. The molecule has 1 aliphatic heterocycles. The number of rotatable bonds is 8. The lowest BCUT2D eigenvalue weighted by Gasteiger charge is -2.23. The molecular weight excluding hydrogens is 412 g/mol. The maximum Gasteiger partial charge on any atom is 0.325 e. The topological polar surface area (TPSA) is 122 Å². The van der Waals surface area contributed by atoms with Gasteiger partial charge < -0.3 is 15.2 Å². The Kier molecular flexibility index (Phi) is 5.87. The highest BCUT2D eigenvalue weighted by Crippen LogP contribution is 2.30. The van der Waals surface area contributed by atoms with Crippen LogP contribution in [0.4, 0.5) is 4.79 Å². The molecule has 2 unspecified atom stereocenters. The second kappa shape index (κ2) is 8.75. The first kappa shape index (κ1) is 21.4. The van der Waals surface area contributed by atoms with E-state index in [1.54, 1.807) is 31.2 Å². The molecule has 1 fully saturated rings. The Balaban J connectivity index is 1.43. The summed E-state index contributed by atoms with van der Waals surface area (Å²) >= 11 is 0. The van der Waals surface area contributed by atoms with Crippen LogP contribution < -0.4 is 10.1 Å². The second-order valence-electron chi connectivity index (χ2n) is 7.74. The van der Waals surface area contributed by atoms with Crippen molar-refractivity contribution in [3.8, 4) is 11.4 Å². The minimum Gasteiger partial charge on any atom is -0.491 e. The number of aryl methyl sites for hydroxylation is 1. The largest absolute Gasteiger partial charge is 0.491 e. The Labute approximate surface area is 184 Å². The van der Waals surface area contributed by atoms with Crippen molar-refractivity contribution in [2.75, 3.05) is 13.2 Å². The van der Waals surface area contributed by atoms with Crippen LogP contribution in [0.3, 0.4) is 0 Å². The van der Waals surface area contributed by atoms with E-state index in [0.29, 0.717) is 17.0 Å². The molecule has 166 valence electrons. The van der Waals surface area contributed by atoms with Crippen LogP contribution >= 0.6 is 0 Å². The van der Waals surface area contributed by atoms with E-state index in [-0.39, 0.29) is 13.2 Å². The molecule has 0 saturated carbocycles. The lowest BCUT2D eigenvalue weighted by molar-refractivity contribution is -0.132. The quantitative estimate of drug-likeness (QED) is 0.512. The smallest absolute Gasteiger partial charge is 0.325 e. The highest BCUT2D eigenvalue weighted by molar-refractivity contribution is 6.07. The van der Waals surface area contributed by atoms with Crippen LogP contribution in [0.15, 0.2) is 54.9 Å². The van der Waals surface area contributed by atoms with Crippen molar-refractivity contribution in [1.29, 1.82) is 0 Å². The van der Waals surface area contributed by atoms with Gasteiger partial charge in [-0.05, 0) is 59.2 Å².